The molecule has 0 saturated carbocycles. The summed E-state index contributed by atoms with van der Waals surface area (Å²) in [6, 6.07) is 5.71. The summed E-state index contributed by atoms with van der Waals surface area (Å²) in [7, 11) is 0. The lowest BCUT2D eigenvalue weighted by Gasteiger charge is -2.21. The molecule has 0 aliphatic carbocycles. The van der Waals surface area contributed by atoms with Crippen LogP contribution in [0.5, 0.6) is 11.5 Å². The smallest absolute Gasteiger partial charge is 0.161 e. The van der Waals surface area contributed by atoms with Gasteiger partial charge in [0.1, 0.15) is 0 Å². The SMILES string of the molecule is CCOc1ccc(C(O)C(CC)CC)cc1OCC. The molecule has 1 rings (SSSR count). The minimum absolute atomic E-state index is 0.285. The second-order valence-corrected chi connectivity index (χ2v) is 4.59. The first-order valence-corrected chi connectivity index (χ1v) is 7.25. The summed E-state index contributed by atoms with van der Waals surface area (Å²) in [6.07, 6.45) is 1.49. The summed E-state index contributed by atoms with van der Waals surface area (Å²) in [5.41, 5.74) is 0.903. The molecule has 0 saturated heterocycles. The number of aliphatic hydroxyl groups excluding tert-OH is 1. The van der Waals surface area contributed by atoms with Crippen LogP contribution in [0.15, 0.2) is 18.2 Å². The van der Waals surface area contributed by atoms with Gasteiger partial charge >= 0.3 is 0 Å². The molecule has 0 aliphatic heterocycles. The van der Waals surface area contributed by atoms with E-state index in [-0.39, 0.29) is 5.92 Å². The maximum atomic E-state index is 10.4. The Labute approximate surface area is 116 Å². The predicted molar refractivity (Wildman–Crippen MR) is 77.8 cm³/mol. The zero-order valence-electron chi connectivity index (χ0n) is 12.5. The molecule has 1 aromatic rings. The van der Waals surface area contributed by atoms with Crippen molar-refractivity contribution in [3.63, 3.8) is 0 Å². The second-order valence-electron chi connectivity index (χ2n) is 4.59. The summed E-state index contributed by atoms with van der Waals surface area (Å²) in [6.45, 7) is 9.30. The van der Waals surface area contributed by atoms with Crippen molar-refractivity contribution < 1.29 is 14.6 Å². The highest BCUT2D eigenvalue weighted by atomic mass is 16.5. The molecule has 0 bridgehead atoms. The van der Waals surface area contributed by atoms with Crippen LogP contribution in [0.1, 0.15) is 52.2 Å². The Bertz CT molecular complexity index is 372. The van der Waals surface area contributed by atoms with E-state index in [1.807, 2.05) is 32.0 Å². The fraction of sp³-hybridized carbons (Fsp3) is 0.625. The van der Waals surface area contributed by atoms with Crippen molar-refractivity contribution >= 4 is 0 Å². The molecule has 0 spiro atoms. The summed E-state index contributed by atoms with van der Waals surface area (Å²) in [5, 5.41) is 10.4. The Morgan fingerprint density at radius 2 is 1.53 bits per heavy atom. The zero-order valence-corrected chi connectivity index (χ0v) is 12.5. The molecule has 0 fully saturated rings. The van der Waals surface area contributed by atoms with Crippen molar-refractivity contribution in [3.8, 4) is 11.5 Å². The van der Waals surface area contributed by atoms with Gasteiger partial charge < -0.3 is 14.6 Å². The first-order valence-electron chi connectivity index (χ1n) is 7.25. The average Bonchev–Trinajstić information content (AvgIpc) is 2.42. The van der Waals surface area contributed by atoms with Gasteiger partial charge in [-0.2, -0.15) is 0 Å². The van der Waals surface area contributed by atoms with E-state index in [1.165, 1.54) is 0 Å². The van der Waals surface area contributed by atoms with Gasteiger partial charge in [0.05, 0.1) is 19.3 Å². The highest BCUT2D eigenvalue weighted by Gasteiger charge is 2.19. The van der Waals surface area contributed by atoms with Crippen molar-refractivity contribution in [2.24, 2.45) is 5.92 Å². The van der Waals surface area contributed by atoms with E-state index in [0.717, 1.165) is 24.2 Å². The number of hydrogen-bond acceptors (Lipinski definition) is 3. The molecule has 0 aromatic heterocycles. The van der Waals surface area contributed by atoms with Gasteiger partial charge in [-0.25, -0.2) is 0 Å². The van der Waals surface area contributed by atoms with Crippen LogP contribution in [0.4, 0.5) is 0 Å². The second kappa shape index (κ2) is 8.05. The lowest BCUT2D eigenvalue weighted by atomic mass is 9.91. The molecule has 1 aromatic carbocycles. The van der Waals surface area contributed by atoms with E-state index in [1.54, 1.807) is 0 Å². The molecule has 0 radical (unpaired) electrons. The van der Waals surface area contributed by atoms with Gasteiger partial charge in [0.2, 0.25) is 0 Å². The summed E-state index contributed by atoms with van der Waals surface area (Å²) < 4.78 is 11.1. The Hall–Kier alpha value is -1.22. The Morgan fingerprint density at radius 1 is 0.947 bits per heavy atom. The van der Waals surface area contributed by atoms with Gasteiger partial charge in [0, 0.05) is 0 Å². The molecule has 0 heterocycles. The van der Waals surface area contributed by atoms with E-state index in [2.05, 4.69) is 13.8 Å². The van der Waals surface area contributed by atoms with E-state index in [4.69, 9.17) is 9.47 Å². The minimum atomic E-state index is -0.440. The Balaban J connectivity index is 2.99. The molecule has 0 aliphatic rings. The van der Waals surface area contributed by atoms with E-state index in [0.29, 0.717) is 19.0 Å². The molecule has 1 N–H and O–H groups in total. The number of ether oxygens (including phenoxy) is 2. The summed E-state index contributed by atoms with van der Waals surface area (Å²) >= 11 is 0. The topological polar surface area (TPSA) is 38.7 Å². The van der Waals surface area contributed by atoms with Gasteiger partial charge in [0.25, 0.3) is 0 Å². The molecule has 0 amide bonds. The molecule has 19 heavy (non-hydrogen) atoms. The van der Waals surface area contributed by atoms with Crippen LogP contribution in [-0.4, -0.2) is 18.3 Å². The standard InChI is InChI=1S/C16H26O3/c1-5-12(6-2)16(17)13-9-10-14(18-7-3)15(11-13)19-8-4/h9-12,16-17H,5-8H2,1-4H3. The molecule has 108 valence electrons. The van der Waals surface area contributed by atoms with Crippen molar-refractivity contribution in [2.45, 2.75) is 46.6 Å². The normalized spacial score (nSPS) is 12.5. The largest absolute Gasteiger partial charge is 0.490 e. The number of rotatable bonds is 8. The fourth-order valence-corrected chi connectivity index (χ4v) is 2.26. The van der Waals surface area contributed by atoms with Crippen molar-refractivity contribution in [1.82, 2.24) is 0 Å². The van der Waals surface area contributed by atoms with Crippen LogP contribution in [0, 0.1) is 5.92 Å². The molecule has 3 nitrogen and oxygen atoms in total. The van der Waals surface area contributed by atoms with Gasteiger partial charge in [0.15, 0.2) is 11.5 Å². The van der Waals surface area contributed by atoms with Crippen LogP contribution in [0.2, 0.25) is 0 Å². The van der Waals surface area contributed by atoms with E-state index >= 15 is 0 Å². The van der Waals surface area contributed by atoms with Crippen molar-refractivity contribution in [1.29, 1.82) is 0 Å². The Kier molecular flexibility index (Phi) is 6.71. The highest BCUT2D eigenvalue weighted by molar-refractivity contribution is 5.43. The molecular formula is C16H26O3. The summed E-state index contributed by atoms with van der Waals surface area (Å²) in [4.78, 5) is 0. The maximum absolute atomic E-state index is 10.4. The van der Waals surface area contributed by atoms with Crippen LogP contribution in [-0.2, 0) is 0 Å². The minimum Gasteiger partial charge on any atom is -0.490 e. The van der Waals surface area contributed by atoms with E-state index < -0.39 is 6.10 Å². The van der Waals surface area contributed by atoms with Crippen LogP contribution in [0.25, 0.3) is 0 Å². The number of aliphatic hydroxyl groups is 1. The van der Waals surface area contributed by atoms with Gasteiger partial charge in [-0.3, -0.25) is 0 Å². The van der Waals surface area contributed by atoms with Gasteiger partial charge in [-0.05, 0) is 37.5 Å². The zero-order chi connectivity index (χ0) is 14.3. The van der Waals surface area contributed by atoms with Gasteiger partial charge in [-0.15, -0.1) is 0 Å². The first kappa shape index (κ1) is 15.8. The third-order valence-corrected chi connectivity index (χ3v) is 3.40. The third-order valence-electron chi connectivity index (χ3n) is 3.40. The number of hydrogen-bond donors (Lipinski definition) is 1. The lowest BCUT2D eigenvalue weighted by Crippen LogP contribution is -2.11. The van der Waals surface area contributed by atoms with Crippen molar-refractivity contribution in [3.05, 3.63) is 23.8 Å². The van der Waals surface area contributed by atoms with Crippen LogP contribution < -0.4 is 9.47 Å². The molecule has 1 unspecified atom stereocenters. The quantitative estimate of drug-likeness (QED) is 0.774. The predicted octanol–water partition coefficient (Wildman–Crippen LogP) is 3.95. The Morgan fingerprint density at radius 3 is 2.05 bits per heavy atom. The summed E-state index contributed by atoms with van der Waals surface area (Å²) in [5.74, 6) is 1.74. The van der Waals surface area contributed by atoms with Crippen LogP contribution in [0.3, 0.4) is 0 Å². The van der Waals surface area contributed by atoms with E-state index in [9.17, 15) is 5.11 Å². The molecular weight excluding hydrogens is 240 g/mol. The van der Waals surface area contributed by atoms with Crippen molar-refractivity contribution in [2.75, 3.05) is 13.2 Å². The lowest BCUT2D eigenvalue weighted by molar-refractivity contribution is 0.103. The monoisotopic (exact) mass is 266 g/mol. The number of benzene rings is 1. The molecule has 3 heteroatoms. The first-order chi connectivity index (χ1) is 9.17. The molecule has 1 atom stereocenters. The highest BCUT2D eigenvalue weighted by Crippen LogP contribution is 2.34. The van der Waals surface area contributed by atoms with Gasteiger partial charge in [-0.1, -0.05) is 32.8 Å². The third kappa shape index (κ3) is 4.13. The fourth-order valence-electron chi connectivity index (χ4n) is 2.26. The average molecular weight is 266 g/mol. The van der Waals surface area contributed by atoms with Crippen LogP contribution >= 0.6 is 0 Å². The maximum Gasteiger partial charge on any atom is 0.161 e.